The second-order valence-electron chi connectivity index (χ2n) is 11.8. The first-order valence-corrected chi connectivity index (χ1v) is 16.0. The van der Waals surface area contributed by atoms with Crippen LogP contribution in [0.25, 0.3) is 0 Å². The number of carbonyl (C=O) groups excluding carboxylic acids is 4. The molecule has 2 heterocycles. The monoisotopic (exact) mass is 749 g/mol. The number of hydrogen-bond donors (Lipinski definition) is 5. The van der Waals surface area contributed by atoms with E-state index in [2.05, 4.69) is 0 Å². The highest BCUT2D eigenvalue weighted by atomic mass is 19.4. The highest BCUT2D eigenvalue weighted by Crippen LogP contribution is 2.32. The summed E-state index contributed by atoms with van der Waals surface area (Å²) in [6.45, 7) is -1.84. The van der Waals surface area contributed by atoms with Gasteiger partial charge >= 0.3 is 30.0 Å². The van der Waals surface area contributed by atoms with E-state index in [1.807, 2.05) is 0 Å². The standard InChI is InChI=1S/C35H34F3NO14/c36-35(37,38)34(47)39-16-21-26(51-29(43)18-10-4-1-5-11-18)27(52-30(44)19-12-6-2-7-13-19)28(53-31(45)20-14-8-3-9-15-20)33(50-21)48-17-22-23(40)24(41)25(42)32(46)49-22/h1-15,21-28,32-33,40-42,46H,16-17H2,(H,39,47)/t21-,22-,23-,24+,25+,26-,27+,28+,32+,33+/m1/s1. The van der Waals surface area contributed by atoms with E-state index in [9.17, 15) is 52.8 Å². The van der Waals surface area contributed by atoms with Gasteiger partial charge in [-0.25, -0.2) is 14.4 Å². The highest BCUT2D eigenvalue weighted by molar-refractivity contribution is 5.91. The first-order valence-electron chi connectivity index (χ1n) is 16.0. The Bertz CT molecular complexity index is 1700. The Labute approximate surface area is 298 Å². The van der Waals surface area contributed by atoms with Crippen molar-refractivity contribution in [3.05, 3.63) is 108 Å². The maximum absolute atomic E-state index is 13.5. The lowest BCUT2D eigenvalue weighted by Gasteiger charge is -2.45. The quantitative estimate of drug-likeness (QED) is 0.136. The van der Waals surface area contributed by atoms with E-state index in [4.69, 9.17) is 28.4 Å². The fourth-order valence-corrected chi connectivity index (χ4v) is 5.43. The molecule has 0 aromatic heterocycles. The van der Waals surface area contributed by atoms with Gasteiger partial charge in [0.15, 0.2) is 30.9 Å². The number of rotatable bonds is 11. The van der Waals surface area contributed by atoms with E-state index >= 15 is 0 Å². The van der Waals surface area contributed by atoms with Crippen molar-refractivity contribution in [3.8, 4) is 0 Å². The molecule has 2 fully saturated rings. The number of aliphatic hydroxyl groups excluding tert-OH is 4. The molecule has 10 atom stereocenters. The second kappa shape index (κ2) is 17.3. The van der Waals surface area contributed by atoms with Gasteiger partial charge in [-0.1, -0.05) is 54.6 Å². The third kappa shape index (κ3) is 9.73. The van der Waals surface area contributed by atoms with Crippen LogP contribution in [0.15, 0.2) is 91.0 Å². The summed E-state index contributed by atoms with van der Waals surface area (Å²) in [6.07, 6.45) is -24.1. The van der Waals surface area contributed by atoms with Crippen LogP contribution < -0.4 is 5.32 Å². The van der Waals surface area contributed by atoms with Gasteiger partial charge in [0.25, 0.3) is 0 Å². The summed E-state index contributed by atoms with van der Waals surface area (Å²) in [5.41, 5.74) is -0.111. The van der Waals surface area contributed by atoms with Gasteiger partial charge in [0.05, 0.1) is 23.3 Å². The molecule has 284 valence electrons. The fourth-order valence-electron chi connectivity index (χ4n) is 5.43. The van der Waals surface area contributed by atoms with E-state index in [1.165, 1.54) is 72.8 Å². The van der Waals surface area contributed by atoms with Crippen LogP contribution in [0.4, 0.5) is 13.2 Å². The molecule has 0 spiro atoms. The van der Waals surface area contributed by atoms with Crippen LogP contribution in [0.5, 0.6) is 0 Å². The normalized spacial score (nSPS) is 28.7. The van der Waals surface area contributed by atoms with Crippen LogP contribution in [0.3, 0.4) is 0 Å². The van der Waals surface area contributed by atoms with E-state index in [-0.39, 0.29) is 16.7 Å². The van der Waals surface area contributed by atoms with E-state index in [0.717, 1.165) is 0 Å². The number of nitrogens with one attached hydrogen (secondary N) is 1. The van der Waals surface area contributed by atoms with Crippen molar-refractivity contribution < 1.29 is 81.2 Å². The zero-order valence-corrected chi connectivity index (χ0v) is 27.4. The average molecular weight is 750 g/mol. The van der Waals surface area contributed by atoms with Gasteiger partial charge in [0.2, 0.25) is 0 Å². The second-order valence-corrected chi connectivity index (χ2v) is 11.8. The molecule has 2 aliphatic heterocycles. The maximum Gasteiger partial charge on any atom is 0.471 e. The van der Waals surface area contributed by atoms with Gasteiger partial charge in [-0.05, 0) is 36.4 Å². The van der Waals surface area contributed by atoms with Gasteiger partial charge in [0.1, 0.15) is 30.5 Å². The molecule has 0 radical (unpaired) electrons. The number of carbonyl (C=O) groups is 4. The first-order chi connectivity index (χ1) is 25.2. The highest BCUT2D eigenvalue weighted by Gasteiger charge is 2.54. The largest absolute Gasteiger partial charge is 0.471 e. The maximum atomic E-state index is 13.5. The molecule has 0 unspecified atom stereocenters. The van der Waals surface area contributed by atoms with Crippen LogP contribution in [0.1, 0.15) is 31.1 Å². The Morgan fingerprint density at radius 2 is 1.06 bits per heavy atom. The van der Waals surface area contributed by atoms with E-state index in [0.29, 0.717) is 0 Å². The van der Waals surface area contributed by atoms with Crippen molar-refractivity contribution in [2.24, 2.45) is 0 Å². The number of amides is 1. The van der Waals surface area contributed by atoms with Gasteiger partial charge in [-0.2, -0.15) is 13.2 Å². The number of alkyl halides is 3. The molecular formula is C35H34F3NO14. The van der Waals surface area contributed by atoms with Crippen LogP contribution in [-0.4, -0.2) is 125 Å². The lowest BCUT2D eigenvalue weighted by molar-refractivity contribution is -0.321. The lowest BCUT2D eigenvalue weighted by atomic mass is 9.96. The summed E-state index contributed by atoms with van der Waals surface area (Å²) in [7, 11) is 0. The minimum absolute atomic E-state index is 0.0250. The molecule has 53 heavy (non-hydrogen) atoms. The Kier molecular flexibility index (Phi) is 12.8. The minimum atomic E-state index is -5.35. The zero-order valence-electron chi connectivity index (χ0n) is 27.4. The summed E-state index contributed by atoms with van der Waals surface area (Å²) < 4.78 is 73.9. The zero-order chi connectivity index (χ0) is 38.3. The number of halogens is 3. The predicted molar refractivity (Wildman–Crippen MR) is 170 cm³/mol. The molecule has 5 rings (SSSR count). The number of esters is 3. The van der Waals surface area contributed by atoms with E-state index in [1.54, 1.807) is 23.5 Å². The van der Waals surface area contributed by atoms with Crippen LogP contribution in [-0.2, 0) is 33.2 Å². The first kappa shape index (κ1) is 39.3. The van der Waals surface area contributed by atoms with Crippen LogP contribution in [0, 0.1) is 0 Å². The molecule has 0 bridgehead atoms. The summed E-state index contributed by atoms with van der Waals surface area (Å²) >= 11 is 0. The molecule has 0 aliphatic carbocycles. The summed E-state index contributed by atoms with van der Waals surface area (Å²) in [5.74, 6) is -5.59. The lowest BCUT2D eigenvalue weighted by Crippen LogP contribution is -2.65. The van der Waals surface area contributed by atoms with Crippen molar-refractivity contribution >= 4 is 23.8 Å². The van der Waals surface area contributed by atoms with Crippen molar-refractivity contribution in [1.29, 1.82) is 0 Å². The van der Waals surface area contributed by atoms with Crippen molar-refractivity contribution in [3.63, 3.8) is 0 Å². The molecule has 2 aliphatic rings. The Balaban J connectivity index is 1.56. The number of ether oxygens (including phenoxy) is 6. The Morgan fingerprint density at radius 1 is 0.604 bits per heavy atom. The molecule has 0 saturated carbocycles. The van der Waals surface area contributed by atoms with Crippen LogP contribution in [0.2, 0.25) is 0 Å². The molecule has 15 nitrogen and oxygen atoms in total. The molecule has 3 aromatic rings. The van der Waals surface area contributed by atoms with Gasteiger partial charge in [-0.15, -0.1) is 0 Å². The smallest absolute Gasteiger partial charge is 0.452 e. The van der Waals surface area contributed by atoms with Crippen molar-refractivity contribution in [2.75, 3.05) is 13.2 Å². The van der Waals surface area contributed by atoms with Crippen LogP contribution >= 0.6 is 0 Å². The van der Waals surface area contributed by atoms with Gasteiger partial charge < -0.3 is 54.2 Å². The molecule has 1 amide bonds. The average Bonchev–Trinajstić information content (AvgIpc) is 3.16. The molecular weight excluding hydrogens is 715 g/mol. The summed E-state index contributed by atoms with van der Waals surface area (Å²) in [6, 6.07) is 21.9. The number of aliphatic hydroxyl groups is 4. The fraction of sp³-hybridized carbons (Fsp3) is 0.371. The number of hydrogen-bond acceptors (Lipinski definition) is 14. The summed E-state index contributed by atoms with van der Waals surface area (Å²) in [4.78, 5) is 52.3. The molecule has 18 heteroatoms. The van der Waals surface area contributed by atoms with Crippen molar-refractivity contribution in [1.82, 2.24) is 5.32 Å². The Hall–Kier alpha value is -4.95. The summed E-state index contributed by atoms with van der Waals surface area (Å²) in [5, 5.41) is 42.2. The van der Waals surface area contributed by atoms with E-state index < -0.39 is 105 Å². The minimum Gasteiger partial charge on any atom is -0.452 e. The molecule has 2 saturated heterocycles. The molecule has 3 aromatic carbocycles. The third-order valence-corrected chi connectivity index (χ3v) is 8.18. The SMILES string of the molecule is O=C(O[C@@H]1[C@H](OC(=O)c2ccccc2)[C@@H](OC[C@H]2O[C@H](O)[C@@H](O)[C@@H](O)[C@@H]2O)O[C@H](CNC(=O)C(F)(F)F)[C@H]1OC(=O)c1ccccc1)c1ccccc1. The van der Waals surface area contributed by atoms with Gasteiger partial charge in [-0.3, -0.25) is 4.79 Å². The van der Waals surface area contributed by atoms with Crippen molar-refractivity contribution in [2.45, 2.75) is 67.6 Å². The third-order valence-electron chi connectivity index (χ3n) is 8.18. The van der Waals surface area contributed by atoms with Gasteiger partial charge in [0, 0.05) is 6.54 Å². The topological polar surface area (TPSA) is 217 Å². The molecule has 5 N–H and O–H groups in total. The number of benzene rings is 3. The Morgan fingerprint density at radius 3 is 1.53 bits per heavy atom. The predicted octanol–water partition coefficient (Wildman–Crippen LogP) is 0.883.